The number of imidazole rings is 1. The average molecular weight is 308 g/mol. The first-order valence-corrected chi connectivity index (χ1v) is 8.14. The van der Waals surface area contributed by atoms with Crippen molar-refractivity contribution in [2.45, 2.75) is 39.1 Å². The van der Waals surface area contributed by atoms with Crippen LogP contribution in [0.3, 0.4) is 0 Å². The van der Waals surface area contributed by atoms with E-state index in [4.69, 9.17) is 16.6 Å². The minimum Gasteiger partial charge on any atom is -0.322 e. The molecule has 1 atom stereocenters. The molecular weight excluding hydrogens is 282 g/mol. The van der Waals surface area contributed by atoms with Crippen LogP contribution < -0.4 is 0 Å². The highest BCUT2D eigenvalue weighted by molar-refractivity contribution is 6.16. The monoisotopic (exact) mass is 307 g/mol. The summed E-state index contributed by atoms with van der Waals surface area (Å²) in [6, 6.07) is 6.70. The van der Waals surface area contributed by atoms with Gasteiger partial charge in [0.1, 0.15) is 5.82 Å². The number of rotatable bonds is 6. The van der Waals surface area contributed by atoms with Gasteiger partial charge in [-0.3, -0.25) is 0 Å². The molecule has 0 saturated carbocycles. The lowest BCUT2D eigenvalue weighted by molar-refractivity contribution is 0.289. The van der Waals surface area contributed by atoms with Crippen molar-refractivity contribution in [2.75, 3.05) is 20.6 Å². The van der Waals surface area contributed by atoms with E-state index in [0.29, 0.717) is 17.8 Å². The van der Waals surface area contributed by atoms with Crippen LogP contribution in [-0.2, 0) is 5.88 Å². The van der Waals surface area contributed by atoms with Crippen molar-refractivity contribution in [2.24, 2.45) is 5.92 Å². The number of fused-ring (bicyclic) bond motifs is 1. The molecule has 3 nitrogen and oxygen atoms in total. The molecule has 0 fully saturated rings. The van der Waals surface area contributed by atoms with E-state index in [1.165, 1.54) is 11.1 Å². The van der Waals surface area contributed by atoms with Crippen molar-refractivity contribution in [3.63, 3.8) is 0 Å². The molecule has 1 aromatic carbocycles. The van der Waals surface area contributed by atoms with Gasteiger partial charge in [0.2, 0.25) is 0 Å². The number of hydrogen-bond acceptors (Lipinski definition) is 2. The van der Waals surface area contributed by atoms with Crippen molar-refractivity contribution < 1.29 is 0 Å². The van der Waals surface area contributed by atoms with Crippen molar-refractivity contribution in [1.82, 2.24) is 14.5 Å². The quantitative estimate of drug-likeness (QED) is 0.745. The largest absolute Gasteiger partial charge is 0.322 e. The third-order valence-corrected chi connectivity index (χ3v) is 4.03. The molecule has 1 unspecified atom stereocenters. The van der Waals surface area contributed by atoms with Gasteiger partial charge >= 0.3 is 0 Å². The molecule has 0 N–H and O–H groups in total. The number of benzene rings is 1. The summed E-state index contributed by atoms with van der Waals surface area (Å²) in [7, 11) is 4.25. The van der Waals surface area contributed by atoms with E-state index < -0.39 is 0 Å². The molecule has 1 heterocycles. The van der Waals surface area contributed by atoms with E-state index in [9.17, 15) is 0 Å². The van der Waals surface area contributed by atoms with E-state index in [1.807, 2.05) is 0 Å². The van der Waals surface area contributed by atoms with Crippen molar-refractivity contribution in [3.8, 4) is 0 Å². The summed E-state index contributed by atoms with van der Waals surface area (Å²) < 4.78 is 2.37. The molecule has 0 aliphatic heterocycles. The van der Waals surface area contributed by atoms with Crippen LogP contribution in [0.2, 0.25) is 0 Å². The molecule has 0 saturated heterocycles. The topological polar surface area (TPSA) is 21.1 Å². The number of aryl methyl sites for hydroxylation is 1. The molecule has 0 aliphatic rings. The Morgan fingerprint density at radius 1 is 1.29 bits per heavy atom. The molecule has 0 spiro atoms. The predicted octanol–water partition coefficient (Wildman–Crippen LogP) is 4.23. The Bertz CT molecular complexity index is 591. The van der Waals surface area contributed by atoms with Crippen molar-refractivity contribution in [3.05, 3.63) is 29.6 Å². The third-order valence-electron chi connectivity index (χ3n) is 3.79. The van der Waals surface area contributed by atoms with Crippen LogP contribution in [-0.4, -0.2) is 35.1 Å². The van der Waals surface area contributed by atoms with E-state index in [1.54, 1.807) is 0 Å². The fourth-order valence-electron chi connectivity index (χ4n) is 3.08. The van der Waals surface area contributed by atoms with E-state index in [0.717, 1.165) is 24.3 Å². The van der Waals surface area contributed by atoms with Gasteiger partial charge in [-0.2, -0.15) is 0 Å². The predicted molar refractivity (Wildman–Crippen MR) is 91.1 cm³/mol. The highest BCUT2D eigenvalue weighted by Crippen LogP contribution is 2.29. The number of halogens is 1. The maximum absolute atomic E-state index is 6.18. The SMILES string of the molecule is Cc1cccc2nc(CCl)n(C(CC(C)C)CN(C)C)c12. The zero-order valence-corrected chi connectivity index (χ0v) is 14.5. The molecule has 2 aromatic rings. The van der Waals surface area contributed by atoms with Gasteiger partial charge < -0.3 is 9.47 Å². The first kappa shape index (κ1) is 16.3. The van der Waals surface area contributed by atoms with Gasteiger partial charge in [-0.05, 0) is 45.0 Å². The highest BCUT2D eigenvalue weighted by atomic mass is 35.5. The van der Waals surface area contributed by atoms with Crippen LogP contribution in [0, 0.1) is 12.8 Å². The summed E-state index contributed by atoms with van der Waals surface area (Å²) in [5.74, 6) is 2.07. The van der Waals surface area contributed by atoms with Crippen LogP contribution >= 0.6 is 11.6 Å². The summed E-state index contributed by atoms with van der Waals surface area (Å²) in [5, 5.41) is 0. The molecule has 116 valence electrons. The van der Waals surface area contributed by atoms with Crippen LogP contribution in [0.5, 0.6) is 0 Å². The number of nitrogens with zero attached hydrogens (tertiary/aromatic N) is 3. The maximum Gasteiger partial charge on any atom is 0.125 e. The number of likely N-dealkylation sites (N-methyl/N-ethyl adjacent to an activating group) is 1. The fourth-order valence-corrected chi connectivity index (χ4v) is 3.27. The lowest BCUT2D eigenvalue weighted by atomic mass is 10.0. The van der Waals surface area contributed by atoms with Gasteiger partial charge in [0.25, 0.3) is 0 Å². The molecule has 1 aromatic heterocycles. The first-order chi connectivity index (χ1) is 9.93. The van der Waals surface area contributed by atoms with Crippen LogP contribution in [0.4, 0.5) is 0 Å². The highest BCUT2D eigenvalue weighted by Gasteiger charge is 2.21. The van der Waals surface area contributed by atoms with Crippen LogP contribution in [0.15, 0.2) is 18.2 Å². The minimum atomic E-state index is 0.403. The standard InChI is InChI=1S/C17H26ClN3/c1-12(2)9-14(11-20(4)5)21-16(10-18)19-15-8-6-7-13(3)17(15)21/h6-8,12,14H,9-11H2,1-5H3. The molecule has 4 heteroatoms. The summed E-state index contributed by atoms with van der Waals surface area (Å²) in [6.07, 6.45) is 1.13. The summed E-state index contributed by atoms with van der Waals surface area (Å²) in [5.41, 5.74) is 3.56. The van der Waals surface area contributed by atoms with E-state index >= 15 is 0 Å². The van der Waals surface area contributed by atoms with Crippen LogP contribution in [0.1, 0.15) is 37.7 Å². The van der Waals surface area contributed by atoms with Crippen LogP contribution in [0.25, 0.3) is 11.0 Å². The van der Waals surface area contributed by atoms with Gasteiger partial charge in [-0.15, -0.1) is 11.6 Å². The lowest BCUT2D eigenvalue weighted by Gasteiger charge is -2.26. The minimum absolute atomic E-state index is 0.403. The smallest absolute Gasteiger partial charge is 0.125 e. The van der Waals surface area contributed by atoms with Gasteiger partial charge in [0.05, 0.1) is 16.9 Å². The number of para-hydroxylation sites is 1. The Kier molecular flexibility index (Phi) is 5.28. The van der Waals surface area contributed by atoms with Gasteiger partial charge in [-0.1, -0.05) is 26.0 Å². The molecule has 0 bridgehead atoms. The van der Waals surface area contributed by atoms with Crippen molar-refractivity contribution in [1.29, 1.82) is 0 Å². The van der Waals surface area contributed by atoms with E-state index in [-0.39, 0.29) is 0 Å². The zero-order valence-electron chi connectivity index (χ0n) is 13.7. The molecule has 0 radical (unpaired) electrons. The maximum atomic E-state index is 6.18. The van der Waals surface area contributed by atoms with Gasteiger partial charge in [0, 0.05) is 12.6 Å². The summed E-state index contributed by atoms with van der Waals surface area (Å²) in [4.78, 5) is 6.99. The first-order valence-electron chi connectivity index (χ1n) is 7.61. The molecule has 0 amide bonds. The number of alkyl halides is 1. The second-order valence-corrected chi connectivity index (χ2v) is 6.79. The molecule has 2 rings (SSSR count). The summed E-state index contributed by atoms with van der Waals surface area (Å²) in [6.45, 7) is 7.70. The molecule has 0 aliphatic carbocycles. The Morgan fingerprint density at radius 3 is 2.57 bits per heavy atom. The Hall–Kier alpha value is -1.06. The normalized spacial score (nSPS) is 13.5. The third kappa shape index (κ3) is 3.58. The number of aromatic nitrogens is 2. The second kappa shape index (κ2) is 6.80. The Morgan fingerprint density at radius 2 is 2.00 bits per heavy atom. The van der Waals surface area contributed by atoms with Gasteiger partial charge in [0.15, 0.2) is 0 Å². The van der Waals surface area contributed by atoms with Crippen molar-refractivity contribution >= 4 is 22.6 Å². The fraction of sp³-hybridized carbons (Fsp3) is 0.588. The lowest BCUT2D eigenvalue weighted by Crippen LogP contribution is -2.27. The van der Waals surface area contributed by atoms with Gasteiger partial charge in [-0.25, -0.2) is 4.98 Å². The Labute approximate surface area is 132 Å². The average Bonchev–Trinajstić information content (AvgIpc) is 2.76. The summed E-state index contributed by atoms with van der Waals surface area (Å²) >= 11 is 6.18. The van der Waals surface area contributed by atoms with E-state index in [2.05, 4.69) is 62.5 Å². The Balaban J connectivity index is 2.59. The molecule has 21 heavy (non-hydrogen) atoms. The zero-order chi connectivity index (χ0) is 15.6. The second-order valence-electron chi connectivity index (χ2n) is 6.52. The number of hydrogen-bond donors (Lipinski definition) is 0. The molecular formula is C17H26ClN3.